The minimum Gasteiger partial charge on any atom is -0.478 e. The van der Waals surface area contributed by atoms with Gasteiger partial charge in [-0.05, 0) is 40.2 Å². The van der Waals surface area contributed by atoms with Crippen LogP contribution in [-0.4, -0.2) is 11.1 Å². The molecule has 0 spiro atoms. The summed E-state index contributed by atoms with van der Waals surface area (Å²) in [7, 11) is 0. The van der Waals surface area contributed by atoms with Gasteiger partial charge in [0, 0.05) is 15.5 Å². The van der Waals surface area contributed by atoms with Gasteiger partial charge in [0.15, 0.2) is 0 Å². The molecule has 2 aromatic rings. The van der Waals surface area contributed by atoms with Gasteiger partial charge in [0.2, 0.25) is 0 Å². The van der Waals surface area contributed by atoms with Gasteiger partial charge in [-0.3, -0.25) is 0 Å². The van der Waals surface area contributed by atoms with Gasteiger partial charge in [0.1, 0.15) is 0 Å². The van der Waals surface area contributed by atoms with Crippen LogP contribution in [0.3, 0.4) is 0 Å². The molecule has 0 radical (unpaired) electrons. The molecule has 0 fully saturated rings. The van der Waals surface area contributed by atoms with Crippen molar-refractivity contribution in [1.82, 2.24) is 0 Å². The minimum atomic E-state index is -0.875. The first-order chi connectivity index (χ1) is 8.16. The van der Waals surface area contributed by atoms with E-state index >= 15 is 0 Å². The molecule has 0 aliphatic carbocycles. The maximum Gasteiger partial charge on any atom is 0.336 e. The molecular weight excluding hydrogens is 320 g/mol. The maximum absolute atomic E-state index is 11.0. The molecule has 17 heavy (non-hydrogen) atoms. The first-order valence-corrected chi connectivity index (χ1v) is 7.45. The third-order valence-corrected chi connectivity index (χ3v) is 5.04. The zero-order valence-corrected chi connectivity index (χ0v) is 11.9. The summed E-state index contributed by atoms with van der Waals surface area (Å²) in [5.41, 5.74) is 0.369. The first-order valence-electron chi connectivity index (χ1n) is 4.86. The average Bonchev–Trinajstić information content (AvgIpc) is 2.73. The van der Waals surface area contributed by atoms with Crippen molar-refractivity contribution in [3.63, 3.8) is 0 Å². The summed E-state index contributed by atoms with van der Waals surface area (Å²) in [5, 5.41) is 9.05. The topological polar surface area (TPSA) is 37.3 Å². The van der Waals surface area contributed by atoms with Crippen LogP contribution in [0.5, 0.6) is 0 Å². The number of rotatable bonds is 4. The number of aromatic carboxylic acids is 1. The molecule has 1 heterocycles. The predicted octanol–water partition coefficient (Wildman–Crippen LogP) is 4.50. The highest BCUT2D eigenvalue weighted by Gasteiger charge is 2.09. The largest absolute Gasteiger partial charge is 0.478 e. The first kappa shape index (κ1) is 12.7. The van der Waals surface area contributed by atoms with Crippen LogP contribution in [0.2, 0.25) is 0 Å². The molecule has 2 nitrogen and oxygen atoms in total. The molecule has 1 N–H and O–H groups in total. The van der Waals surface area contributed by atoms with E-state index in [1.54, 1.807) is 35.2 Å². The number of halogens is 1. The molecule has 0 atom stereocenters. The van der Waals surface area contributed by atoms with Crippen LogP contribution in [-0.2, 0) is 5.75 Å². The third kappa shape index (κ3) is 3.34. The van der Waals surface area contributed by atoms with E-state index in [1.165, 1.54) is 4.88 Å². The van der Waals surface area contributed by atoms with Gasteiger partial charge in [0.25, 0.3) is 0 Å². The Balaban J connectivity index is 2.11. The van der Waals surface area contributed by atoms with Gasteiger partial charge >= 0.3 is 5.97 Å². The van der Waals surface area contributed by atoms with E-state index in [0.717, 1.165) is 14.4 Å². The lowest BCUT2D eigenvalue weighted by Gasteiger charge is -2.03. The molecule has 0 amide bonds. The van der Waals surface area contributed by atoms with Crippen molar-refractivity contribution in [2.24, 2.45) is 0 Å². The Morgan fingerprint density at radius 1 is 1.29 bits per heavy atom. The summed E-state index contributed by atoms with van der Waals surface area (Å²) >= 11 is 6.63. The Labute approximate surface area is 116 Å². The van der Waals surface area contributed by atoms with Crippen molar-refractivity contribution >= 4 is 45.0 Å². The second-order valence-electron chi connectivity index (χ2n) is 3.30. The molecule has 1 aromatic carbocycles. The molecule has 0 saturated heterocycles. The second kappa shape index (κ2) is 5.71. The quantitative estimate of drug-likeness (QED) is 0.839. The number of carbonyl (C=O) groups is 1. The van der Waals surface area contributed by atoms with E-state index in [2.05, 4.69) is 15.9 Å². The second-order valence-corrected chi connectivity index (χ2v) is 6.86. The van der Waals surface area contributed by atoms with Gasteiger partial charge in [-0.1, -0.05) is 12.1 Å². The van der Waals surface area contributed by atoms with Crippen LogP contribution in [0.15, 0.2) is 45.1 Å². The summed E-state index contributed by atoms with van der Waals surface area (Å²) in [6.07, 6.45) is 0. The maximum atomic E-state index is 11.0. The fraction of sp³-hybridized carbons (Fsp3) is 0.0833. The van der Waals surface area contributed by atoms with Crippen LogP contribution in [0.25, 0.3) is 0 Å². The molecule has 1 aromatic heterocycles. The van der Waals surface area contributed by atoms with E-state index in [0.29, 0.717) is 5.56 Å². The molecule has 0 bridgehead atoms. The van der Waals surface area contributed by atoms with Crippen LogP contribution in [0.4, 0.5) is 0 Å². The summed E-state index contributed by atoms with van der Waals surface area (Å²) in [5.74, 6) is -0.0824. The van der Waals surface area contributed by atoms with Crippen LogP contribution in [0.1, 0.15) is 15.2 Å². The fourth-order valence-corrected chi connectivity index (χ4v) is 3.92. The predicted molar refractivity (Wildman–Crippen MR) is 75.0 cm³/mol. The number of thiophene rings is 1. The Bertz CT molecular complexity index is 537. The number of hydrogen-bond donors (Lipinski definition) is 1. The fourth-order valence-electron chi connectivity index (χ4n) is 1.35. The van der Waals surface area contributed by atoms with Crippen LogP contribution >= 0.6 is 39.0 Å². The summed E-state index contributed by atoms with van der Waals surface area (Å²) in [6.45, 7) is 0. The van der Waals surface area contributed by atoms with Gasteiger partial charge in [-0.2, -0.15) is 0 Å². The van der Waals surface area contributed by atoms with Crippen LogP contribution < -0.4 is 0 Å². The number of hydrogen-bond acceptors (Lipinski definition) is 3. The Morgan fingerprint density at radius 2 is 2.06 bits per heavy atom. The molecule has 0 unspecified atom stereocenters. The van der Waals surface area contributed by atoms with Crippen molar-refractivity contribution in [3.8, 4) is 0 Å². The molecule has 0 aliphatic rings. The van der Waals surface area contributed by atoms with Crippen molar-refractivity contribution in [2.75, 3.05) is 0 Å². The number of thioether (sulfide) groups is 1. The molecular formula is C12H9BrO2S2. The van der Waals surface area contributed by atoms with Crippen molar-refractivity contribution in [3.05, 3.63) is 50.6 Å². The minimum absolute atomic E-state index is 0.369. The van der Waals surface area contributed by atoms with E-state index in [1.807, 2.05) is 24.3 Å². The van der Waals surface area contributed by atoms with E-state index in [-0.39, 0.29) is 0 Å². The SMILES string of the molecule is O=C(O)c1ccccc1SCc1ccc(Br)s1. The molecule has 5 heteroatoms. The van der Waals surface area contributed by atoms with Gasteiger partial charge in [-0.25, -0.2) is 4.79 Å². The highest BCUT2D eigenvalue weighted by atomic mass is 79.9. The third-order valence-electron chi connectivity index (χ3n) is 2.12. The number of benzene rings is 1. The normalized spacial score (nSPS) is 10.4. The molecule has 2 rings (SSSR count). The lowest BCUT2D eigenvalue weighted by molar-refractivity contribution is 0.0693. The highest BCUT2D eigenvalue weighted by molar-refractivity contribution is 9.11. The van der Waals surface area contributed by atoms with E-state index in [9.17, 15) is 4.79 Å². The Hall–Kier alpha value is -0.780. The molecule has 88 valence electrons. The van der Waals surface area contributed by atoms with Crippen LogP contribution in [0, 0.1) is 0 Å². The van der Waals surface area contributed by atoms with Gasteiger partial charge < -0.3 is 5.11 Å². The monoisotopic (exact) mass is 328 g/mol. The smallest absolute Gasteiger partial charge is 0.336 e. The Kier molecular flexibility index (Phi) is 4.25. The number of carboxylic acids is 1. The molecule has 0 saturated carbocycles. The zero-order chi connectivity index (χ0) is 12.3. The average molecular weight is 329 g/mol. The van der Waals surface area contributed by atoms with E-state index < -0.39 is 5.97 Å². The lowest BCUT2D eigenvalue weighted by atomic mass is 10.2. The van der Waals surface area contributed by atoms with Crippen molar-refractivity contribution in [1.29, 1.82) is 0 Å². The summed E-state index contributed by atoms with van der Waals surface area (Å²) < 4.78 is 1.10. The zero-order valence-electron chi connectivity index (χ0n) is 8.72. The molecule has 0 aliphatic heterocycles. The number of carboxylic acid groups (broad SMARTS) is 1. The highest BCUT2D eigenvalue weighted by Crippen LogP contribution is 2.30. The van der Waals surface area contributed by atoms with Crippen molar-refractivity contribution in [2.45, 2.75) is 10.6 Å². The van der Waals surface area contributed by atoms with Crippen molar-refractivity contribution < 1.29 is 9.90 Å². The Morgan fingerprint density at radius 3 is 2.71 bits per heavy atom. The van der Waals surface area contributed by atoms with Gasteiger partial charge in [0.05, 0.1) is 9.35 Å². The summed E-state index contributed by atoms with van der Waals surface area (Å²) in [6, 6.07) is 11.1. The van der Waals surface area contributed by atoms with Gasteiger partial charge in [-0.15, -0.1) is 23.1 Å². The lowest BCUT2D eigenvalue weighted by Crippen LogP contribution is -1.98. The standard InChI is InChI=1S/C12H9BrO2S2/c13-11-6-5-8(17-11)7-16-10-4-2-1-3-9(10)12(14)15/h1-6H,7H2,(H,14,15). The summed E-state index contributed by atoms with van der Waals surface area (Å²) in [4.78, 5) is 13.1. The van der Waals surface area contributed by atoms with E-state index in [4.69, 9.17) is 5.11 Å².